The molecule has 0 unspecified atom stereocenters. The lowest BCUT2D eigenvalue weighted by molar-refractivity contribution is -0.312. The van der Waals surface area contributed by atoms with Gasteiger partial charge in [-0.1, -0.05) is 0 Å². The fourth-order valence-electron chi connectivity index (χ4n) is 2.68. The summed E-state index contributed by atoms with van der Waals surface area (Å²) in [6.07, 6.45) is 2.05. The fourth-order valence-corrected chi connectivity index (χ4v) is 2.68. The molecule has 0 aromatic heterocycles. The lowest BCUT2D eigenvalue weighted by atomic mass is 9.85. The normalized spacial score (nSPS) is 29.1. The van der Waals surface area contributed by atoms with E-state index in [-0.39, 0.29) is 17.9 Å². The molecule has 0 spiro atoms. The summed E-state index contributed by atoms with van der Waals surface area (Å²) in [6, 6.07) is -0.159. The quantitative estimate of drug-likeness (QED) is 0.646. The molecular weight excluding hydrogens is 234 g/mol. The van der Waals surface area contributed by atoms with E-state index < -0.39 is 11.9 Å². The highest BCUT2D eigenvalue weighted by atomic mass is 16.4. The summed E-state index contributed by atoms with van der Waals surface area (Å²) in [6.45, 7) is 3.31. The molecule has 0 radical (unpaired) electrons. The van der Waals surface area contributed by atoms with E-state index in [9.17, 15) is 19.5 Å². The molecule has 0 N–H and O–H groups in total. The summed E-state index contributed by atoms with van der Waals surface area (Å²) in [5.41, 5.74) is 1.00. The van der Waals surface area contributed by atoms with Crippen LogP contribution in [0.3, 0.4) is 0 Å². The highest BCUT2D eigenvalue weighted by Gasteiger charge is 2.39. The lowest BCUT2D eigenvalue weighted by Gasteiger charge is -2.34. The average molecular weight is 250 g/mol. The Hall–Kier alpha value is -1.65. The monoisotopic (exact) mass is 250 g/mol. The van der Waals surface area contributed by atoms with Crippen LogP contribution in [-0.4, -0.2) is 28.7 Å². The molecule has 0 bridgehead atoms. The number of rotatable bonds is 2. The maximum Gasteiger partial charge on any atom is 0.257 e. The van der Waals surface area contributed by atoms with Crippen LogP contribution in [0.15, 0.2) is 11.1 Å². The molecule has 0 aromatic rings. The first-order valence-corrected chi connectivity index (χ1v) is 6.19. The zero-order chi connectivity index (χ0) is 13.4. The number of carboxylic acids is 1. The van der Waals surface area contributed by atoms with Crippen LogP contribution < -0.4 is 5.11 Å². The van der Waals surface area contributed by atoms with Crippen molar-refractivity contribution >= 4 is 17.8 Å². The van der Waals surface area contributed by atoms with Crippen molar-refractivity contribution in [1.82, 2.24) is 4.90 Å². The van der Waals surface area contributed by atoms with Crippen molar-refractivity contribution < 1.29 is 19.5 Å². The molecule has 0 aromatic carbocycles. The summed E-state index contributed by atoms with van der Waals surface area (Å²) in [4.78, 5) is 36.0. The van der Waals surface area contributed by atoms with Gasteiger partial charge in [-0.25, -0.2) is 0 Å². The van der Waals surface area contributed by atoms with Crippen LogP contribution in [0.25, 0.3) is 0 Å². The van der Waals surface area contributed by atoms with Crippen LogP contribution in [0.5, 0.6) is 0 Å². The van der Waals surface area contributed by atoms with Gasteiger partial charge in [0.15, 0.2) is 0 Å². The zero-order valence-electron chi connectivity index (χ0n) is 10.6. The van der Waals surface area contributed by atoms with Crippen molar-refractivity contribution in [3.63, 3.8) is 0 Å². The van der Waals surface area contributed by atoms with Crippen LogP contribution in [0, 0.1) is 5.92 Å². The summed E-state index contributed by atoms with van der Waals surface area (Å²) in [7, 11) is 0. The Balaban J connectivity index is 2.06. The van der Waals surface area contributed by atoms with Gasteiger partial charge in [0.05, 0.1) is 0 Å². The van der Waals surface area contributed by atoms with Crippen molar-refractivity contribution in [2.75, 3.05) is 0 Å². The van der Waals surface area contributed by atoms with Gasteiger partial charge in [-0.3, -0.25) is 14.5 Å². The molecule has 2 rings (SSSR count). The van der Waals surface area contributed by atoms with E-state index in [1.54, 1.807) is 13.8 Å². The van der Waals surface area contributed by atoms with Crippen LogP contribution in [0.1, 0.15) is 39.5 Å². The number of hydrogen-bond donors (Lipinski definition) is 0. The largest absolute Gasteiger partial charge is 0.550 e. The molecule has 98 valence electrons. The standard InChI is InChI=1S/C13H17NO4/c1-7-8(2)12(16)14(11(7)15)10-5-3-9(4-6-10)13(17)18/h9-10H,3-6H2,1-2H3,(H,17,18)/p-1. The van der Waals surface area contributed by atoms with E-state index in [0.717, 1.165) is 0 Å². The third-order valence-electron chi connectivity index (χ3n) is 4.04. The first-order chi connectivity index (χ1) is 8.43. The Morgan fingerprint density at radius 2 is 1.50 bits per heavy atom. The predicted octanol–water partition coefficient (Wildman–Crippen LogP) is 0.000300. The molecule has 18 heavy (non-hydrogen) atoms. The molecule has 1 fully saturated rings. The molecule has 5 nitrogen and oxygen atoms in total. The second kappa shape index (κ2) is 4.55. The molecule has 2 amide bonds. The van der Waals surface area contributed by atoms with Gasteiger partial charge in [0.1, 0.15) is 0 Å². The number of carboxylic acid groups (broad SMARTS) is 1. The summed E-state index contributed by atoms with van der Waals surface area (Å²) < 4.78 is 0. The SMILES string of the molecule is CC1=C(C)C(=O)N(C2CCC(C(=O)[O-])CC2)C1=O. The lowest BCUT2D eigenvalue weighted by Crippen LogP contribution is -2.45. The summed E-state index contributed by atoms with van der Waals surface area (Å²) in [5, 5.41) is 10.7. The second-order valence-electron chi connectivity index (χ2n) is 5.05. The van der Waals surface area contributed by atoms with Crippen LogP contribution in [0.2, 0.25) is 0 Å². The average Bonchev–Trinajstić information content (AvgIpc) is 2.54. The van der Waals surface area contributed by atoms with Crippen LogP contribution in [-0.2, 0) is 14.4 Å². The summed E-state index contributed by atoms with van der Waals surface area (Å²) >= 11 is 0. The van der Waals surface area contributed by atoms with Crippen molar-refractivity contribution in [1.29, 1.82) is 0 Å². The van der Waals surface area contributed by atoms with Crippen molar-refractivity contribution in [2.45, 2.75) is 45.6 Å². The molecule has 1 aliphatic carbocycles. The smallest absolute Gasteiger partial charge is 0.257 e. The van der Waals surface area contributed by atoms with Gasteiger partial charge < -0.3 is 9.90 Å². The third-order valence-corrected chi connectivity index (χ3v) is 4.04. The maximum absolute atomic E-state index is 12.0. The zero-order valence-corrected chi connectivity index (χ0v) is 10.6. The van der Waals surface area contributed by atoms with E-state index >= 15 is 0 Å². The van der Waals surface area contributed by atoms with Crippen molar-refractivity contribution in [3.8, 4) is 0 Å². The van der Waals surface area contributed by atoms with Gasteiger partial charge in [-0.15, -0.1) is 0 Å². The molecule has 1 saturated carbocycles. The second-order valence-corrected chi connectivity index (χ2v) is 5.05. The summed E-state index contributed by atoms with van der Waals surface area (Å²) in [5.74, 6) is -1.92. The van der Waals surface area contributed by atoms with Gasteiger partial charge in [-0.05, 0) is 45.4 Å². The topological polar surface area (TPSA) is 77.5 Å². The van der Waals surface area contributed by atoms with E-state index in [4.69, 9.17) is 0 Å². The van der Waals surface area contributed by atoms with Gasteiger partial charge in [0.25, 0.3) is 11.8 Å². The predicted molar refractivity (Wildman–Crippen MR) is 61.0 cm³/mol. The molecule has 1 aliphatic heterocycles. The Bertz CT molecular complexity index is 420. The Labute approximate surface area is 105 Å². The van der Waals surface area contributed by atoms with Gasteiger partial charge >= 0.3 is 0 Å². The first kappa shape index (κ1) is 12.8. The number of carbonyl (C=O) groups is 3. The van der Waals surface area contributed by atoms with Crippen LogP contribution in [0.4, 0.5) is 0 Å². The minimum Gasteiger partial charge on any atom is -0.550 e. The van der Waals surface area contributed by atoms with E-state index in [1.165, 1.54) is 4.90 Å². The first-order valence-electron chi connectivity index (χ1n) is 6.19. The number of hydrogen-bond acceptors (Lipinski definition) is 4. The van der Waals surface area contributed by atoms with Gasteiger partial charge in [0, 0.05) is 23.2 Å². The highest BCUT2D eigenvalue weighted by molar-refractivity contribution is 6.18. The third kappa shape index (κ3) is 1.94. The molecule has 5 heteroatoms. The molecule has 0 saturated heterocycles. The van der Waals surface area contributed by atoms with E-state index in [0.29, 0.717) is 36.8 Å². The number of imide groups is 1. The molecular formula is C13H16NO4-. The van der Waals surface area contributed by atoms with Crippen molar-refractivity contribution in [3.05, 3.63) is 11.1 Å². The number of amides is 2. The minimum atomic E-state index is -1.03. The Morgan fingerprint density at radius 1 is 1.06 bits per heavy atom. The number of nitrogens with zero attached hydrogens (tertiary/aromatic N) is 1. The molecule has 0 atom stereocenters. The highest BCUT2D eigenvalue weighted by Crippen LogP contribution is 2.31. The van der Waals surface area contributed by atoms with Crippen LogP contribution >= 0.6 is 0 Å². The molecule has 1 heterocycles. The molecule has 2 aliphatic rings. The van der Waals surface area contributed by atoms with Crippen molar-refractivity contribution in [2.24, 2.45) is 5.92 Å². The maximum atomic E-state index is 12.0. The van der Waals surface area contributed by atoms with Gasteiger partial charge in [0.2, 0.25) is 0 Å². The van der Waals surface area contributed by atoms with E-state index in [1.807, 2.05) is 0 Å². The van der Waals surface area contributed by atoms with Gasteiger partial charge in [-0.2, -0.15) is 0 Å². The Morgan fingerprint density at radius 3 is 1.89 bits per heavy atom. The Kier molecular flexibility index (Phi) is 3.24. The minimum absolute atomic E-state index is 0.159. The fraction of sp³-hybridized carbons (Fsp3) is 0.615. The number of aliphatic carboxylic acids is 1. The number of carbonyl (C=O) groups excluding carboxylic acids is 3. The van der Waals surface area contributed by atoms with E-state index in [2.05, 4.69) is 0 Å².